The van der Waals surface area contributed by atoms with Gasteiger partial charge in [-0.05, 0) is 42.2 Å². The van der Waals surface area contributed by atoms with Crippen molar-refractivity contribution < 1.29 is 28.8 Å². The van der Waals surface area contributed by atoms with Gasteiger partial charge in [0.2, 0.25) is 23.5 Å². The zero-order chi connectivity index (χ0) is 34.1. The second-order valence-electron chi connectivity index (χ2n) is 15.0. The van der Waals surface area contributed by atoms with Gasteiger partial charge in [-0.15, -0.1) is 0 Å². The number of halogens is 1. The lowest BCUT2D eigenvalue weighted by Crippen LogP contribution is -2.59. The molecule has 2 heterocycles. The average molecular weight is 670 g/mol. The summed E-state index contributed by atoms with van der Waals surface area (Å²) < 4.78 is 0. The molecule has 6 atom stereocenters. The lowest BCUT2D eigenvalue weighted by atomic mass is 9.84. The molecule has 1 spiro atoms. The van der Waals surface area contributed by atoms with Crippen LogP contribution in [-0.2, 0) is 28.8 Å². The van der Waals surface area contributed by atoms with Crippen LogP contribution >= 0.6 is 11.6 Å². The maximum Gasteiger partial charge on any atom is 0.287 e. The Labute approximate surface area is 281 Å². The van der Waals surface area contributed by atoms with Crippen molar-refractivity contribution in [2.45, 2.75) is 116 Å². The number of rotatable bonds is 11. The highest BCUT2D eigenvalue weighted by Crippen LogP contribution is 2.49. The lowest BCUT2D eigenvalue weighted by molar-refractivity contribution is -0.145. The van der Waals surface area contributed by atoms with Crippen LogP contribution in [0.25, 0.3) is 0 Å². The van der Waals surface area contributed by atoms with Crippen LogP contribution in [0.3, 0.4) is 0 Å². The van der Waals surface area contributed by atoms with E-state index in [-0.39, 0.29) is 31.2 Å². The molecule has 4 N–H and O–H groups in total. The Kier molecular flexibility index (Phi) is 10.3. The number of carbonyl (C=O) groups is 5. The molecule has 2 aliphatic carbocycles. The number of ketones is 1. The molecule has 12 heteroatoms. The topological polar surface area (TPSA) is 160 Å². The number of amides is 4. The summed E-state index contributed by atoms with van der Waals surface area (Å²) in [6.45, 7) is 7.52. The molecule has 5 rings (SSSR count). The minimum absolute atomic E-state index is 0.0380. The Morgan fingerprint density at radius 2 is 1.83 bits per heavy atom. The molecular weight excluding hydrogens is 622 g/mol. The number of Topliss-reactive ketones (excluding diaryl/α,β-unsaturated/α-hetero) is 1. The van der Waals surface area contributed by atoms with E-state index in [1.54, 1.807) is 12.1 Å². The van der Waals surface area contributed by atoms with Gasteiger partial charge in [-0.25, -0.2) is 0 Å². The van der Waals surface area contributed by atoms with Crippen LogP contribution in [-0.4, -0.2) is 70.3 Å². The minimum atomic E-state index is -1.14. The molecule has 2 saturated carbocycles. The van der Waals surface area contributed by atoms with E-state index >= 15 is 0 Å². The van der Waals surface area contributed by atoms with Gasteiger partial charge in [-0.1, -0.05) is 95.1 Å². The van der Waals surface area contributed by atoms with Gasteiger partial charge in [0.1, 0.15) is 12.1 Å². The number of nitrogens with two attached hydrogens (primary N) is 1. The van der Waals surface area contributed by atoms with E-state index in [4.69, 9.17) is 22.2 Å². The number of carbonyl (C=O) groups excluding carboxylic acids is 5. The first kappa shape index (κ1) is 34.9. The summed E-state index contributed by atoms with van der Waals surface area (Å²) in [4.78, 5) is 73.9. The number of nitrogens with zero attached hydrogens (tertiary/aromatic N) is 2. The summed E-state index contributed by atoms with van der Waals surface area (Å²) in [6.07, 6.45) is 7.93. The quantitative estimate of drug-likeness (QED) is 0.303. The van der Waals surface area contributed by atoms with Gasteiger partial charge in [-0.2, -0.15) is 0 Å². The van der Waals surface area contributed by atoms with Gasteiger partial charge in [-0.3, -0.25) is 24.0 Å². The predicted molar refractivity (Wildman–Crippen MR) is 177 cm³/mol. The largest absolute Gasteiger partial charge is 0.387 e. The first-order valence-electron chi connectivity index (χ1n) is 17.0. The van der Waals surface area contributed by atoms with E-state index in [2.05, 4.69) is 15.8 Å². The molecule has 0 radical (unpaired) electrons. The van der Waals surface area contributed by atoms with E-state index in [1.165, 1.54) is 24.2 Å². The molecule has 256 valence electrons. The van der Waals surface area contributed by atoms with Crippen molar-refractivity contribution in [3.63, 3.8) is 0 Å². The average Bonchev–Trinajstić information content (AvgIpc) is 3.60. The zero-order valence-corrected chi connectivity index (χ0v) is 28.6. The van der Waals surface area contributed by atoms with Crippen molar-refractivity contribution in [3.05, 3.63) is 34.9 Å². The third-order valence-corrected chi connectivity index (χ3v) is 10.5. The fourth-order valence-electron chi connectivity index (χ4n) is 7.61. The van der Waals surface area contributed by atoms with Crippen LogP contribution in [0.15, 0.2) is 29.4 Å². The molecule has 1 aromatic carbocycles. The van der Waals surface area contributed by atoms with Crippen molar-refractivity contribution >= 4 is 46.7 Å². The fraction of sp³-hybridized carbons (Fsp3) is 0.657. The third kappa shape index (κ3) is 7.82. The van der Waals surface area contributed by atoms with Crippen LogP contribution in [0.4, 0.5) is 0 Å². The summed E-state index contributed by atoms with van der Waals surface area (Å²) >= 11 is 6.23. The molecule has 4 amide bonds. The summed E-state index contributed by atoms with van der Waals surface area (Å²) in [6, 6.07) is 4.13. The normalized spacial score (nSPS) is 27.0. The fourth-order valence-corrected chi connectivity index (χ4v) is 7.80. The molecule has 0 aromatic heterocycles. The number of benzene rings is 1. The van der Waals surface area contributed by atoms with E-state index in [9.17, 15) is 24.0 Å². The van der Waals surface area contributed by atoms with Gasteiger partial charge < -0.3 is 26.1 Å². The van der Waals surface area contributed by atoms with Gasteiger partial charge >= 0.3 is 0 Å². The van der Waals surface area contributed by atoms with Gasteiger partial charge in [0.15, 0.2) is 5.60 Å². The van der Waals surface area contributed by atoms with Crippen molar-refractivity contribution in [2.75, 3.05) is 6.54 Å². The van der Waals surface area contributed by atoms with Crippen LogP contribution in [0.1, 0.15) is 97.5 Å². The van der Waals surface area contributed by atoms with Gasteiger partial charge in [0.25, 0.3) is 5.91 Å². The molecular formula is C35H48ClN5O6. The number of nitrogens with one attached hydrogen (secondary N) is 2. The highest BCUT2D eigenvalue weighted by atomic mass is 35.5. The second-order valence-corrected chi connectivity index (χ2v) is 15.4. The molecule has 1 aromatic rings. The SMILES string of the molecule is CCC[C@H](NC(=O)[C@@H]1C[C@]2(CC(c3cccc(Cl)c3)=NO2)CN1C(=O)[C@@H](NC(=O)[C@@H]1C[C@H]1C1CCCCC1)C(C)(C)C)C(=O)C(N)=O. The van der Waals surface area contributed by atoms with Gasteiger partial charge in [0.05, 0.1) is 18.3 Å². The van der Waals surface area contributed by atoms with Crippen LogP contribution < -0.4 is 16.4 Å². The van der Waals surface area contributed by atoms with Crippen LogP contribution in [0.2, 0.25) is 5.02 Å². The lowest BCUT2D eigenvalue weighted by Gasteiger charge is -2.36. The maximum atomic E-state index is 14.5. The molecule has 0 bridgehead atoms. The Morgan fingerprint density at radius 3 is 2.47 bits per heavy atom. The highest BCUT2D eigenvalue weighted by molar-refractivity contribution is 6.37. The van der Waals surface area contributed by atoms with Crippen LogP contribution in [0.5, 0.6) is 0 Å². The number of hydrogen-bond acceptors (Lipinski definition) is 7. The number of hydrogen-bond donors (Lipinski definition) is 3. The van der Waals surface area contributed by atoms with E-state index < -0.39 is 52.6 Å². The molecule has 11 nitrogen and oxygen atoms in total. The van der Waals surface area contributed by atoms with E-state index in [0.29, 0.717) is 35.4 Å². The van der Waals surface area contributed by atoms with Crippen molar-refractivity contribution in [3.8, 4) is 0 Å². The maximum absolute atomic E-state index is 14.5. The first-order chi connectivity index (χ1) is 22.2. The van der Waals surface area contributed by atoms with Crippen molar-refractivity contribution in [1.82, 2.24) is 15.5 Å². The Morgan fingerprint density at radius 1 is 1.11 bits per heavy atom. The number of likely N-dealkylation sites (tertiary alicyclic amines) is 1. The monoisotopic (exact) mass is 669 g/mol. The van der Waals surface area contributed by atoms with Crippen LogP contribution in [0, 0.1) is 23.2 Å². The third-order valence-electron chi connectivity index (χ3n) is 10.3. The first-order valence-corrected chi connectivity index (χ1v) is 17.4. The highest BCUT2D eigenvalue weighted by Gasteiger charge is 2.56. The van der Waals surface area contributed by atoms with Crippen molar-refractivity contribution in [2.24, 2.45) is 34.1 Å². The summed E-state index contributed by atoms with van der Waals surface area (Å²) in [5, 5.41) is 10.6. The Balaban J connectivity index is 1.38. The molecule has 0 unspecified atom stereocenters. The molecule has 47 heavy (non-hydrogen) atoms. The van der Waals surface area contributed by atoms with E-state index in [1.807, 2.05) is 39.8 Å². The molecule has 3 fully saturated rings. The van der Waals surface area contributed by atoms with E-state index in [0.717, 1.165) is 24.8 Å². The molecule has 4 aliphatic rings. The zero-order valence-electron chi connectivity index (χ0n) is 27.9. The second kappa shape index (κ2) is 13.9. The Bertz CT molecular complexity index is 1440. The molecule has 1 saturated heterocycles. The van der Waals surface area contributed by atoms with Gasteiger partial charge in [0, 0.05) is 29.3 Å². The number of primary amides is 1. The predicted octanol–water partition coefficient (Wildman–Crippen LogP) is 3.89. The number of oxime groups is 1. The smallest absolute Gasteiger partial charge is 0.287 e. The summed E-state index contributed by atoms with van der Waals surface area (Å²) in [5.74, 6) is -2.36. The Hall–Kier alpha value is -3.47. The standard InChI is InChI=1S/C35H48ClN5O6/c1-5-10-25(28(42)30(37)43)38-32(45)27-18-35(17-26(40-47-35)21-13-9-14-22(36)15-21)19-41(27)33(46)29(34(2,3)4)39-31(44)24-16-23(24)20-11-7-6-8-12-20/h9,13-15,20,23-25,27,29H,5-8,10-12,16-19H2,1-4H3,(H2,37,43)(H,38,45)(H,39,44)/t23-,24+,25-,27-,29+,35+/m0/s1. The van der Waals surface area contributed by atoms with Crippen molar-refractivity contribution in [1.29, 1.82) is 0 Å². The molecule has 2 aliphatic heterocycles. The summed E-state index contributed by atoms with van der Waals surface area (Å²) in [5.41, 5.74) is 4.99. The minimum Gasteiger partial charge on any atom is -0.387 e. The summed E-state index contributed by atoms with van der Waals surface area (Å²) in [7, 11) is 0.